The lowest BCUT2D eigenvalue weighted by molar-refractivity contribution is -0.327. The van der Waals surface area contributed by atoms with Crippen LogP contribution < -0.4 is 0 Å². The standard InChI is InChI=1S/C39H63NO10/c1-21(2)22-11-16-39(34(46)47)18-17-37(6)23(29(22)39)9-10-26-36(5)14-13-27(35(3,4)25(36)12-15-38(26,37)7)50-28(42)19-40(48-8)33-32(45)31(44)30(43)24(20-41)49-33/h22-27,29-33,41,43-45H,1,9-20H2,2-8H3,(H,46,47)/t22-,23?,24+,25?,26?,27-,29?,30+,31-,32+,33?,36-,37+,38+,39-/m0/s1. The number of rotatable bonds is 8. The first-order chi connectivity index (χ1) is 23.3. The van der Waals surface area contributed by atoms with E-state index < -0.39 is 54.6 Å². The van der Waals surface area contributed by atoms with E-state index in [1.54, 1.807) is 0 Å². The molecule has 5 N–H and O–H groups in total. The van der Waals surface area contributed by atoms with Crippen LogP contribution in [0.5, 0.6) is 0 Å². The molecule has 0 spiro atoms. The van der Waals surface area contributed by atoms with Crippen molar-refractivity contribution >= 4 is 11.9 Å². The van der Waals surface area contributed by atoms with Crippen LogP contribution in [0.25, 0.3) is 0 Å². The highest BCUT2D eigenvalue weighted by molar-refractivity contribution is 5.76. The summed E-state index contributed by atoms with van der Waals surface area (Å²) in [5.41, 5.74) is 0.327. The van der Waals surface area contributed by atoms with Gasteiger partial charge in [0.15, 0.2) is 6.23 Å². The van der Waals surface area contributed by atoms with Gasteiger partial charge in [-0.25, -0.2) is 0 Å². The van der Waals surface area contributed by atoms with Crippen molar-refractivity contribution in [1.82, 2.24) is 5.06 Å². The Kier molecular flexibility index (Phi) is 9.96. The summed E-state index contributed by atoms with van der Waals surface area (Å²) in [7, 11) is 1.32. The molecule has 0 aromatic rings. The second kappa shape index (κ2) is 13.1. The number of aliphatic hydroxyl groups is 4. The Morgan fingerprint density at radius 2 is 1.56 bits per heavy atom. The molecular weight excluding hydrogens is 642 g/mol. The fraction of sp³-hybridized carbons (Fsp3) is 0.897. The van der Waals surface area contributed by atoms with Crippen molar-refractivity contribution in [3.05, 3.63) is 12.2 Å². The van der Waals surface area contributed by atoms with E-state index in [1.165, 1.54) is 7.11 Å². The van der Waals surface area contributed by atoms with Gasteiger partial charge in [-0.1, -0.05) is 46.8 Å². The average Bonchev–Trinajstić information content (AvgIpc) is 3.46. The maximum atomic E-state index is 13.5. The molecule has 0 amide bonds. The molecule has 0 aromatic carbocycles. The Balaban J connectivity index is 1.19. The number of hydrogen-bond acceptors (Lipinski definition) is 10. The number of carboxylic acid groups (broad SMARTS) is 1. The number of nitrogens with zero attached hydrogens (tertiary/aromatic N) is 1. The van der Waals surface area contributed by atoms with Crippen molar-refractivity contribution < 1.29 is 49.4 Å². The number of ether oxygens (including phenoxy) is 2. The van der Waals surface area contributed by atoms with Crippen molar-refractivity contribution in [2.75, 3.05) is 20.3 Å². The molecule has 0 radical (unpaired) electrons. The number of hydroxylamine groups is 2. The van der Waals surface area contributed by atoms with Gasteiger partial charge in [0.2, 0.25) is 0 Å². The number of carboxylic acids is 1. The van der Waals surface area contributed by atoms with Crippen LogP contribution in [0.2, 0.25) is 0 Å². The van der Waals surface area contributed by atoms with Crippen molar-refractivity contribution in [2.24, 2.45) is 56.7 Å². The number of aliphatic hydroxyl groups excluding tert-OH is 4. The zero-order valence-corrected chi connectivity index (χ0v) is 31.3. The molecule has 6 aliphatic rings. The Hall–Kier alpha value is -1.60. The third-order valence-corrected chi connectivity index (χ3v) is 16.4. The zero-order chi connectivity index (χ0) is 36.8. The first kappa shape index (κ1) is 38.1. The third-order valence-electron chi connectivity index (χ3n) is 16.4. The minimum atomic E-state index is -1.59. The van der Waals surface area contributed by atoms with Gasteiger partial charge in [-0.3, -0.25) is 14.4 Å². The third kappa shape index (κ3) is 5.37. The number of aliphatic carboxylic acids is 1. The van der Waals surface area contributed by atoms with E-state index in [0.29, 0.717) is 24.2 Å². The summed E-state index contributed by atoms with van der Waals surface area (Å²) in [5, 5.41) is 52.4. The van der Waals surface area contributed by atoms with Gasteiger partial charge in [0.1, 0.15) is 37.1 Å². The molecule has 6 fully saturated rings. The predicted octanol–water partition coefficient (Wildman–Crippen LogP) is 4.30. The van der Waals surface area contributed by atoms with E-state index in [4.69, 9.17) is 14.3 Å². The van der Waals surface area contributed by atoms with Crippen LogP contribution in [0, 0.1) is 56.7 Å². The maximum Gasteiger partial charge on any atom is 0.323 e. The summed E-state index contributed by atoms with van der Waals surface area (Å²) in [5.74, 6) is 0.404. The van der Waals surface area contributed by atoms with Crippen LogP contribution in [-0.2, 0) is 23.9 Å². The van der Waals surface area contributed by atoms with Gasteiger partial charge >= 0.3 is 11.9 Å². The number of carbonyl (C=O) groups is 2. The molecule has 1 saturated heterocycles. The molecule has 5 saturated carbocycles. The van der Waals surface area contributed by atoms with Crippen LogP contribution >= 0.6 is 0 Å². The summed E-state index contributed by atoms with van der Waals surface area (Å²) >= 11 is 0. The fourth-order valence-electron chi connectivity index (χ4n) is 13.6. The average molecular weight is 706 g/mol. The van der Waals surface area contributed by atoms with Gasteiger partial charge in [0, 0.05) is 5.41 Å². The Morgan fingerprint density at radius 3 is 2.18 bits per heavy atom. The first-order valence-corrected chi connectivity index (χ1v) is 19.0. The Labute approximate surface area is 297 Å². The summed E-state index contributed by atoms with van der Waals surface area (Å²) in [4.78, 5) is 31.8. The second-order valence-electron chi connectivity index (χ2n) is 18.5. The molecule has 5 aliphatic carbocycles. The molecule has 1 aliphatic heterocycles. The Bertz CT molecular complexity index is 1340. The van der Waals surface area contributed by atoms with Crippen LogP contribution in [-0.4, -0.2) is 99.5 Å². The smallest absolute Gasteiger partial charge is 0.323 e. The van der Waals surface area contributed by atoms with Crippen LogP contribution in [0.3, 0.4) is 0 Å². The lowest BCUT2D eigenvalue weighted by atomic mass is 9.32. The zero-order valence-electron chi connectivity index (χ0n) is 31.3. The van der Waals surface area contributed by atoms with E-state index in [0.717, 1.165) is 68.4 Å². The molecule has 11 heteroatoms. The highest BCUT2D eigenvalue weighted by atomic mass is 16.7. The largest absolute Gasteiger partial charge is 0.481 e. The summed E-state index contributed by atoms with van der Waals surface area (Å²) < 4.78 is 11.8. The van der Waals surface area contributed by atoms with Crippen LogP contribution in [0.4, 0.5) is 0 Å². The van der Waals surface area contributed by atoms with Crippen LogP contribution in [0.15, 0.2) is 12.2 Å². The molecule has 15 atom stereocenters. The van der Waals surface area contributed by atoms with Crippen LogP contribution in [0.1, 0.15) is 106 Å². The molecule has 284 valence electrons. The number of allylic oxidation sites excluding steroid dienone is 1. The number of hydrogen-bond donors (Lipinski definition) is 5. The molecular formula is C39H63NO10. The minimum Gasteiger partial charge on any atom is -0.481 e. The van der Waals surface area contributed by atoms with Crippen molar-refractivity contribution in [1.29, 1.82) is 0 Å². The van der Waals surface area contributed by atoms with Gasteiger partial charge in [-0.15, -0.1) is 5.06 Å². The monoisotopic (exact) mass is 705 g/mol. The summed E-state index contributed by atoms with van der Waals surface area (Å²) in [6.45, 7) is 17.5. The number of esters is 1. The predicted molar refractivity (Wildman–Crippen MR) is 184 cm³/mol. The first-order valence-electron chi connectivity index (χ1n) is 19.0. The van der Waals surface area contributed by atoms with Crippen molar-refractivity contribution in [3.8, 4) is 0 Å². The lowest BCUT2D eigenvalue weighted by Crippen LogP contribution is -2.67. The molecule has 0 bridgehead atoms. The highest BCUT2D eigenvalue weighted by Gasteiger charge is 2.72. The normalized spacial score (nSPS) is 49.6. The van der Waals surface area contributed by atoms with Gasteiger partial charge in [-0.05, 0) is 117 Å². The van der Waals surface area contributed by atoms with E-state index in [1.807, 2.05) is 0 Å². The molecule has 6 rings (SSSR count). The van der Waals surface area contributed by atoms with Gasteiger partial charge in [0.25, 0.3) is 0 Å². The van der Waals surface area contributed by atoms with E-state index in [-0.39, 0.29) is 46.1 Å². The topological polar surface area (TPSA) is 166 Å². The Morgan fingerprint density at radius 1 is 0.860 bits per heavy atom. The molecule has 11 nitrogen and oxygen atoms in total. The maximum absolute atomic E-state index is 13.5. The van der Waals surface area contributed by atoms with Crippen molar-refractivity contribution in [3.63, 3.8) is 0 Å². The van der Waals surface area contributed by atoms with Gasteiger partial charge in [-0.2, -0.15) is 0 Å². The molecule has 50 heavy (non-hydrogen) atoms. The fourth-order valence-corrected chi connectivity index (χ4v) is 13.6. The minimum absolute atomic E-state index is 0.0348. The van der Waals surface area contributed by atoms with E-state index in [2.05, 4.69) is 48.1 Å². The number of fused-ring (bicyclic) bond motifs is 7. The van der Waals surface area contributed by atoms with Crippen molar-refractivity contribution in [2.45, 2.75) is 142 Å². The highest BCUT2D eigenvalue weighted by Crippen LogP contribution is 2.77. The summed E-state index contributed by atoms with van der Waals surface area (Å²) in [6.07, 6.45) is 1.79. The molecule has 5 unspecified atom stereocenters. The molecule has 0 aromatic heterocycles. The van der Waals surface area contributed by atoms with E-state index >= 15 is 0 Å². The second-order valence-corrected chi connectivity index (χ2v) is 18.5. The summed E-state index contributed by atoms with van der Waals surface area (Å²) in [6, 6.07) is 0. The lowest BCUT2D eigenvalue weighted by Gasteiger charge is -2.72. The quantitative estimate of drug-likeness (QED) is 0.139. The molecule has 1 heterocycles. The van der Waals surface area contributed by atoms with Gasteiger partial charge in [0.05, 0.1) is 19.1 Å². The number of carbonyl (C=O) groups excluding carboxylic acids is 1. The van der Waals surface area contributed by atoms with Gasteiger partial charge < -0.3 is 35.0 Å². The van der Waals surface area contributed by atoms with E-state index in [9.17, 15) is 35.1 Å². The SMILES string of the molecule is C=C(C)[C@@H]1CC[C@]2(C(=O)O)CC[C@]3(C)C(CCC4[C@@]5(C)CC[C@H](OC(=O)CN(OC)C6O[C@H](CO)[C@@H](O)[C@H](O)[C@H]6O)C(C)(C)C5CC[C@]43C)C12.